The Bertz CT molecular complexity index is 643. The summed E-state index contributed by atoms with van der Waals surface area (Å²) in [6.45, 7) is 8.27. The van der Waals surface area contributed by atoms with Gasteiger partial charge in [0.25, 0.3) is 0 Å². The summed E-state index contributed by atoms with van der Waals surface area (Å²) in [6.07, 6.45) is 12.0. The van der Waals surface area contributed by atoms with E-state index in [0.29, 0.717) is 6.61 Å². The van der Waals surface area contributed by atoms with Crippen molar-refractivity contribution in [1.29, 1.82) is 0 Å². The highest BCUT2D eigenvalue weighted by molar-refractivity contribution is 5.47. The molecule has 2 rings (SSSR count). The Morgan fingerprint density at radius 2 is 1.29 bits per heavy atom. The molecule has 0 saturated carbocycles. The Kier molecular flexibility index (Phi) is 11.1. The number of unbranched alkanes of at least 4 members (excludes halogenated alkanes) is 7. The van der Waals surface area contributed by atoms with E-state index in [1.165, 1.54) is 49.7 Å². The van der Waals surface area contributed by atoms with Gasteiger partial charge in [-0.1, -0.05) is 93.1 Å². The molecule has 0 aliphatic heterocycles. The fourth-order valence-corrected chi connectivity index (χ4v) is 3.13. The molecule has 2 nitrogen and oxygen atoms in total. The first-order valence-corrected chi connectivity index (χ1v) is 10.8. The van der Waals surface area contributed by atoms with Gasteiger partial charge < -0.3 is 9.47 Å². The van der Waals surface area contributed by atoms with E-state index in [4.69, 9.17) is 9.47 Å². The third kappa shape index (κ3) is 9.75. The standard InChI is InChI=1S/C26H36O2/c1-3-24-14-16-25(17-15-24)22-27-20-10-8-6-4-5-7-9-11-21-28-26-18-12-23(2)13-19-26/h3,12-19H,1,4-11,20-22H2,2H3. The molecule has 0 spiro atoms. The second-order valence-electron chi connectivity index (χ2n) is 7.49. The van der Waals surface area contributed by atoms with E-state index < -0.39 is 0 Å². The van der Waals surface area contributed by atoms with E-state index in [9.17, 15) is 0 Å². The van der Waals surface area contributed by atoms with Crippen molar-refractivity contribution in [3.63, 3.8) is 0 Å². The smallest absolute Gasteiger partial charge is 0.119 e. The van der Waals surface area contributed by atoms with Crippen molar-refractivity contribution in [3.05, 3.63) is 71.8 Å². The average Bonchev–Trinajstić information content (AvgIpc) is 2.73. The summed E-state index contributed by atoms with van der Waals surface area (Å²) in [4.78, 5) is 0. The predicted octanol–water partition coefficient (Wildman–Crippen LogP) is 7.35. The van der Waals surface area contributed by atoms with Crippen molar-refractivity contribution in [2.75, 3.05) is 13.2 Å². The number of ether oxygens (including phenoxy) is 2. The number of aryl methyl sites for hydroxylation is 1. The highest BCUT2D eigenvalue weighted by atomic mass is 16.5. The van der Waals surface area contributed by atoms with Crippen molar-refractivity contribution >= 4 is 6.08 Å². The second-order valence-corrected chi connectivity index (χ2v) is 7.49. The molecule has 2 aromatic carbocycles. The number of hydrogen-bond donors (Lipinski definition) is 0. The molecule has 0 atom stereocenters. The van der Waals surface area contributed by atoms with Crippen LogP contribution >= 0.6 is 0 Å². The molecule has 152 valence electrons. The minimum absolute atomic E-state index is 0.710. The van der Waals surface area contributed by atoms with Crippen LogP contribution in [-0.4, -0.2) is 13.2 Å². The van der Waals surface area contributed by atoms with E-state index in [2.05, 4.69) is 62.0 Å². The van der Waals surface area contributed by atoms with Gasteiger partial charge in [0, 0.05) is 6.61 Å². The first-order chi connectivity index (χ1) is 13.8. The zero-order chi connectivity index (χ0) is 19.9. The topological polar surface area (TPSA) is 18.5 Å². The number of rotatable bonds is 15. The first kappa shape index (κ1) is 22.2. The Morgan fingerprint density at radius 1 is 0.714 bits per heavy atom. The molecular weight excluding hydrogens is 344 g/mol. The fraction of sp³-hybridized carbons (Fsp3) is 0.462. The summed E-state index contributed by atoms with van der Waals surface area (Å²) in [6, 6.07) is 16.7. The van der Waals surface area contributed by atoms with Crippen LogP contribution in [-0.2, 0) is 11.3 Å². The SMILES string of the molecule is C=Cc1ccc(COCCCCCCCCCCOc2ccc(C)cc2)cc1. The molecule has 2 heteroatoms. The molecule has 0 aliphatic carbocycles. The third-order valence-corrected chi connectivity index (χ3v) is 4.96. The quantitative estimate of drug-likeness (QED) is 0.301. The Labute approximate surface area is 171 Å². The lowest BCUT2D eigenvalue weighted by Crippen LogP contribution is -1.97. The van der Waals surface area contributed by atoms with Crippen molar-refractivity contribution < 1.29 is 9.47 Å². The van der Waals surface area contributed by atoms with E-state index in [0.717, 1.165) is 37.4 Å². The Hall–Kier alpha value is -2.06. The van der Waals surface area contributed by atoms with E-state index in [-0.39, 0.29) is 0 Å². The van der Waals surface area contributed by atoms with Gasteiger partial charge in [-0.25, -0.2) is 0 Å². The summed E-state index contributed by atoms with van der Waals surface area (Å²) in [5.41, 5.74) is 3.66. The normalized spacial score (nSPS) is 10.8. The van der Waals surface area contributed by atoms with Crippen LogP contribution in [0, 0.1) is 6.92 Å². The average molecular weight is 381 g/mol. The lowest BCUT2D eigenvalue weighted by molar-refractivity contribution is 0.116. The second kappa shape index (κ2) is 14.0. The summed E-state index contributed by atoms with van der Waals surface area (Å²) in [5.74, 6) is 0.988. The first-order valence-electron chi connectivity index (χ1n) is 10.8. The third-order valence-electron chi connectivity index (χ3n) is 4.96. The largest absolute Gasteiger partial charge is 0.494 e. The fourth-order valence-electron chi connectivity index (χ4n) is 3.13. The maximum atomic E-state index is 5.77. The minimum atomic E-state index is 0.710. The summed E-state index contributed by atoms with van der Waals surface area (Å²) in [7, 11) is 0. The molecular formula is C26H36O2. The maximum Gasteiger partial charge on any atom is 0.119 e. The van der Waals surface area contributed by atoms with Crippen molar-refractivity contribution in [2.24, 2.45) is 0 Å². The van der Waals surface area contributed by atoms with Crippen LogP contribution in [0.2, 0.25) is 0 Å². The molecule has 0 bridgehead atoms. The summed E-state index contributed by atoms with van der Waals surface area (Å²) in [5, 5.41) is 0. The van der Waals surface area contributed by atoms with Gasteiger partial charge in [-0.15, -0.1) is 0 Å². The molecule has 28 heavy (non-hydrogen) atoms. The van der Waals surface area contributed by atoms with Gasteiger partial charge in [0.15, 0.2) is 0 Å². The minimum Gasteiger partial charge on any atom is -0.494 e. The van der Waals surface area contributed by atoms with Crippen molar-refractivity contribution in [1.82, 2.24) is 0 Å². The molecule has 0 radical (unpaired) electrons. The van der Waals surface area contributed by atoms with Crippen LogP contribution < -0.4 is 4.74 Å². The molecule has 0 N–H and O–H groups in total. The van der Waals surface area contributed by atoms with Crippen LogP contribution in [0.1, 0.15) is 68.1 Å². The predicted molar refractivity (Wildman–Crippen MR) is 120 cm³/mol. The lowest BCUT2D eigenvalue weighted by Gasteiger charge is -2.07. The van der Waals surface area contributed by atoms with Gasteiger partial charge in [0.1, 0.15) is 5.75 Å². The molecule has 2 aromatic rings. The monoisotopic (exact) mass is 380 g/mol. The van der Waals surface area contributed by atoms with Crippen LogP contribution in [0.3, 0.4) is 0 Å². The van der Waals surface area contributed by atoms with Crippen molar-refractivity contribution in [2.45, 2.75) is 64.9 Å². The molecule has 0 fully saturated rings. The zero-order valence-electron chi connectivity index (χ0n) is 17.5. The molecule has 0 amide bonds. The van der Waals surface area contributed by atoms with E-state index in [1.54, 1.807) is 0 Å². The Balaban J connectivity index is 1.34. The number of benzene rings is 2. The van der Waals surface area contributed by atoms with Gasteiger partial charge in [-0.05, 0) is 43.0 Å². The summed E-state index contributed by atoms with van der Waals surface area (Å²) >= 11 is 0. The van der Waals surface area contributed by atoms with Crippen molar-refractivity contribution in [3.8, 4) is 5.75 Å². The molecule has 0 saturated heterocycles. The van der Waals surface area contributed by atoms with Crippen LogP contribution in [0.15, 0.2) is 55.1 Å². The molecule has 0 aliphatic rings. The van der Waals surface area contributed by atoms with Crippen LogP contribution in [0.5, 0.6) is 5.75 Å². The molecule has 0 aromatic heterocycles. The van der Waals surface area contributed by atoms with Crippen LogP contribution in [0.25, 0.3) is 6.08 Å². The van der Waals surface area contributed by atoms with Gasteiger partial charge in [-0.3, -0.25) is 0 Å². The summed E-state index contributed by atoms with van der Waals surface area (Å²) < 4.78 is 11.5. The zero-order valence-corrected chi connectivity index (χ0v) is 17.5. The van der Waals surface area contributed by atoms with Gasteiger partial charge in [-0.2, -0.15) is 0 Å². The van der Waals surface area contributed by atoms with E-state index in [1.807, 2.05) is 6.08 Å². The number of hydrogen-bond acceptors (Lipinski definition) is 2. The van der Waals surface area contributed by atoms with E-state index >= 15 is 0 Å². The van der Waals surface area contributed by atoms with Gasteiger partial charge >= 0.3 is 0 Å². The molecule has 0 unspecified atom stereocenters. The van der Waals surface area contributed by atoms with Gasteiger partial charge in [0.2, 0.25) is 0 Å². The highest BCUT2D eigenvalue weighted by Crippen LogP contribution is 2.13. The Morgan fingerprint density at radius 3 is 1.89 bits per heavy atom. The lowest BCUT2D eigenvalue weighted by atomic mass is 10.1. The van der Waals surface area contributed by atoms with Crippen LogP contribution in [0.4, 0.5) is 0 Å². The highest BCUT2D eigenvalue weighted by Gasteiger charge is 1.97. The molecule has 0 heterocycles. The maximum absolute atomic E-state index is 5.77. The van der Waals surface area contributed by atoms with Gasteiger partial charge in [0.05, 0.1) is 13.2 Å².